The number of ether oxygens (including phenoxy) is 4. The van der Waals surface area contributed by atoms with Crippen LogP contribution >= 0.6 is 31.9 Å². The number of amides is 6. The fraction of sp³-hybridized carbons (Fsp3) is 0.830. The van der Waals surface area contributed by atoms with Gasteiger partial charge in [-0.2, -0.15) is 0 Å². The second kappa shape index (κ2) is 48.2. The highest BCUT2D eigenvalue weighted by Gasteiger charge is 2.21. The summed E-state index contributed by atoms with van der Waals surface area (Å²) in [7, 11) is 0. The highest BCUT2D eigenvalue weighted by molar-refractivity contribution is 9.09. The summed E-state index contributed by atoms with van der Waals surface area (Å²) in [5.41, 5.74) is 0. The molecule has 0 radical (unpaired) electrons. The second-order valence-electron chi connectivity index (χ2n) is 16.6. The Labute approximate surface area is 426 Å². The van der Waals surface area contributed by atoms with Gasteiger partial charge in [0.1, 0.15) is 12.1 Å². The molecule has 8 N–H and O–H groups in total. The fourth-order valence-corrected chi connectivity index (χ4v) is 7.13. The Hall–Kier alpha value is -3.44. The van der Waals surface area contributed by atoms with Crippen LogP contribution in [0.2, 0.25) is 0 Å². The molecule has 0 rings (SSSR count). The maximum absolute atomic E-state index is 12.5. The van der Waals surface area contributed by atoms with Crippen molar-refractivity contribution in [2.75, 3.05) is 89.7 Å². The predicted octanol–water partition coefficient (Wildman–Crippen LogP) is 4.42. The number of alkyl halides is 2. The average molecular weight is 1120 g/mol. The Morgan fingerprint density at radius 1 is 0.362 bits per heavy atom. The Bertz CT molecular complexity index is 1400. The minimum absolute atomic E-state index is 0.0606. The zero-order chi connectivity index (χ0) is 51.0. The molecular formula is C47H84Br2N6O14. The molecule has 0 spiro atoms. The number of unbranched alkanes of at least 4 members (excludes halogenated alkanes) is 14. The molecule has 0 saturated heterocycles. The molecule has 20 nitrogen and oxygen atoms in total. The first kappa shape index (κ1) is 65.6. The number of carbonyl (C=O) groups is 8. The van der Waals surface area contributed by atoms with Crippen LogP contribution in [0.15, 0.2) is 0 Å². The lowest BCUT2D eigenvalue weighted by molar-refractivity contribution is -0.142. The molecule has 0 saturated carbocycles. The van der Waals surface area contributed by atoms with E-state index < -0.39 is 24.0 Å². The third-order valence-corrected chi connectivity index (χ3v) is 11.6. The summed E-state index contributed by atoms with van der Waals surface area (Å²) in [6.45, 7) is 3.36. The minimum atomic E-state index is -1.07. The van der Waals surface area contributed by atoms with Gasteiger partial charge in [-0.25, -0.2) is 4.79 Å². The van der Waals surface area contributed by atoms with Crippen LogP contribution in [0.1, 0.15) is 148 Å². The number of nitrogens with one attached hydrogen (secondary N) is 6. The normalized spacial score (nSPS) is 11.9. The Balaban J connectivity index is 3.71. The van der Waals surface area contributed by atoms with E-state index in [2.05, 4.69) is 63.8 Å². The van der Waals surface area contributed by atoms with E-state index in [0.29, 0.717) is 58.3 Å². The van der Waals surface area contributed by atoms with E-state index in [1.165, 1.54) is 44.9 Å². The molecule has 0 aromatic carbocycles. The van der Waals surface area contributed by atoms with E-state index in [0.717, 1.165) is 44.9 Å². The first-order valence-corrected chi connectivity index (χ1v) is 27.2. The van der Waals surface area contributed by atoms with Crippen molar-refractivity contribution in [3.63, 3.8) is 0 Å². The van der Waals surface area contributed by atoms with E-state index in [-0.39, 0.29) is 125 Å². The van der Waals surface area contributed by atoms with Crippen molar-refractivity contribution in [2.24, 2.45) is 0 Å². The highest BCUT2D eigenvalue weighted by Crippen LogP contribution is 2.14. The fourth-order valence-electron chi connectivity index (χ4n) is 6.77. The predicted molar refractivity (Wildman–Crippen MR) is 268 cm³/mol. The van der Waals surface area contributed by atoms with E-state index in [9.17, 15) is 43.5 Å². The largest absolute Gasteiger partial charge is 0.481 e. The van der Waals surface area contributed by atoms with Crippen molar-refractivity contribution >= 4 is 79.2 Å². The van der Waals surface area contributed by atoms with Crippen molar-refractivity contribution in [3.8, 4) is 0 Å². The van der Waals surface area contributed by atoms with Crippen molar-refractivity contribution in [2.45, 2.75) is 160 Å². The van der Waals surface area contributed by atoms with Gasteiger partial charge in [-0.15, -0.1) is 0 Å². The van der Waals surface area contributed by atoms with Gasteiger partial charge in [0.2, 0.25) is 35.4 Å². The molecule has 0 fully saturated rings. The number of hydrogen-bond acceptors (Lipinski definition) is 12. The number of aliphatic carboxylic acids is 2. The highest BCUT2D eigenvalue weighted by atomic mass is 79.9. The third-order valence-electron chi connectivity index (χ3n) is 10.6. The van der Waals surface area contributed by atoms with E-state index >= 15 is 0 Å². The van der Waals surface area contributed by atoms with Crippen LogP contribution in [0, 0.1) is 0 Å². The zero-order valence-electron chi connectivity index (χ0n) is 40.9. The molecule has 0 aliphatic carbocycles. The number of carboxylic acids is 2. The number of hydrogen-bond donors (Lipinski definition) is 8. The molecule has 0 heterocycles. The topological polar surface area (TPSA) is 286 Å². The van der Waals surface area contributed by atoms with Gasteiger partial charge < -0.3 is 61.1 Å². The van der Waals surface area contributed by atoms with Gasteiger partial charge in [-0.3, -0.25) is 33.6 Å². The second-order valence-corrected chi connectivity index (χ2v) is 17.7. The van der Waals surface area contributed by atoms with E-state index in [1.54, 1.807) is 0 Å². The molecule has 69 heavy (non-hydrogen) atoms. The molecule has 0 aliphatic rings. The average Bonchev–Trinajstić information content (AvgIpc) is 3.32. The molecule has 6 amide bonds. The van der Waals surface area contributed by atoms with Crippen LogP contribution in [0.25, 0.3) is 0 Å². The lowest BCUT2D eigenvalue weighted by Gasteiger charge is -2.18. The van der Waals surface area contributed by atoms with Gasteiger partial charge in [0.25, 0.3) is 0 Å². The smallest absolute Gasteiger partial charge is 0.326 e. The van der Waals surface area contributed by atoms with Crippen LogP contribution in [0.3, 0.4) is 0 Å². The van der Waals surface area contributed by atoms with Crippen molar-refractivity contribution in [1.82, 2.24) is 31.9 Å². The van der Waals surface area contributed by atoms with Crippen molar-refractivity contribution in [1.29, 1.82) is 0 Å². The lowest BCUT2D eigenvalue weighted by Crippen LogP contribution is -2.48. The number of carbonyl (C=O) groups excluding carboxylic acids is 6. The van der Waals surface area contributed by atoms with Crippen LogP contribution in [0.4, 0.5) is 0 Å². The first-order chi connectivity index (χ1) is 33.4. The van der Waals surface area contributed by atoms with Gasteiger partial charge in [-0.1, -0.05) is 109 Å². The summed E-state index contributed by atoms with van der Waals surface area (Å²) >= 11 is 6.14. The van der Waals surface area contributed by atoms with Crippen molar-refractivity contribution in [3.05, 3.63) is 0 Å². The molecule has 2 atom stereocenters. The lowest BCUT2D eigenvalue weighted by atomic mass is 10.0. The Kier molecular flexibility index (Phi) is 45.8. The molecule has 0 aliphatic heterocycles. The maximum atomic E-state index is 12.5. The standard InChI is InChI=1S/C47H84Br2N6O14/c48-36-43(59)51-25-17-19-38(54-44(60)37-49)46(63)53-27-31-69-35-33-67-29-23-41(57)52-26-30-68-34-32-66-28-22-40(56)50-24-16-15-18-39(47(64)65)55-42(58)20-13-11-9-7-5-3-1-2-4-6-8-10-12-14-21-45(61)62/h38-39H,1-37H2,(H,50,56)(H,51,59)(H,52,57)(H,53,63)(H,54,60)(H,55,58)(H,61,62)(H,64,65)/t38-,39-/m0/s1. The van der Waals surface area contributed by atoms with Crippen molar-refractivity contribution < 1.29 is 67.5 Å². The molecule has 0 aromatic rings. The van der Waals surface area contributed by atoms with E-state index in [1.807, 2.05) is 0 Å². The summed E-state index contributed by atoms with van der Waals surface area (Å²) in [5, 5.41) is 34.7. The minimum Gasteiger partial charge on any atom is -0.481 e. The summed E-state index contributed by atoms with van der Waals surface area (Å²) in [5.74, 6) is -3.23. The first-order valence-electron chi connectivity index (χ1n) is 24.9. The summed E-state index contributed by atoms with van der Waals surface area (Å²) in [6.07, 6.45) is 18.4. The SMILES string of the molecule is O=C(O)CCCCCCCCCCCCCCCCC(=O)N[C@@H](CCCCNC(=O)CCOCCOCCNC(=O)CCOCCOCCNC(=O)[C@H](CCCNC(=O)CBr)NC(=O)CBr)C(=O)O. The quantitative estimate of drug-likeness (QED) is 0.0309. The third kappa shape index (κ3) is 45.5. The molecule has 0 aromatic heterocycles. The zero-order valence-corrected chi connectivity index (χ0v) is 44.0. The molecule has 0 bridgehead atoms. The molecular weight excluding hydrogens is 1030 g/mol. The monoisotopic (exact) mass is 1110 g/mol. The number of rotatable bonds is 50. The van der Waals surface area contributed by atoms with Crippen LogP contribution < -0.4 is 31.9 Å². The van der Waals surface area contributed by atoms with Gasteiger partial charge in [0.15, 0.2) is 0 Å². The summed E-state index contributed by atoms with van der Waals surface area (Å²) in [6, 6.07) is -1.70. The number of carboxylic acid groups (broad SMARTS) is 2. The van der Waals surface area contributed by atoms with Crippen LogP contribution in [-0.2, 0) is 57.3 Å². The number of halogens is 2. The molecule has 0 unspecified atom stereocenters. The summed E-state index contributed by atoms with van der Waals surface area (Å²) < 4.78 is 21.8. The Morgan fingerprint density at radius 3 is 1.26 bits per heavy atom. The van der Waals surface area contributed by atoms with Crippen LogP contribution in [0.5, 0.6) is 0 Å². The molecule has 400 valence electrons. The van der Waals surface area contributed by atoms with Gasteiger partial charge in [0, 0.05) is 51.9 Å². The Morgan fingerprint density at radius 2 is 0.768 bits per heavy atom. The van der Waals surface area contributed by atoms with Gasteiger partial charge in [0.05, 0.1) is 63.5 Å². The van der Waals surface area contributed by atoms with Crippen LogP contribution in [-0.4, -0.2) is 159 Å². The summed E-state index contributed by atoms with van der Waals surface area (Å²) in [4.78, 5) is 94.5. The van der Waals surface area contributed by atoms with Gasteiger partial charge in [-0.05, 0) is 44.9 Å². The maximum Gasteiger partial charge on any atom is 0.326 e. The van der Waals surface area contributed by atoms with Gasteiger partial charge >= 0.3 is 11.9 Å². The van der Waals surface area contributed by atoms with E-state index in [4.69, 9.17) is 24.1 Å². The molecule has 22 heteroatoms.